The first-order chi connectivity index (χ1) is 11.3. The molecule has 0 saturated carbocycles. The van der Waals surface area contributed by atoms with Crippen molar-refractivity contribution >= 4 is 33.0 Å². The van der Waals surface area contributed by atoms with Crippen LogP contribution >= 0.6 is 11.3 Å². The fourth-order valence-electron chi connectivity index (χ4n) is 2.10. The number of thiophene rings is 1. The quantitative estimate of drug-likeness (QED) is 0.785. The van der Waals surface area contributed by atoms with E-state index >= 15 is 0 Å². The van der Waals surface area contributed by atoms with Crippen LogP contribution in [-0.2, 0) is 14.8 Å². The maximum atomic E-state index is 12.7. The van der Waals surface area contributed by atoms with Gasteiger partial charge in [0.2, 0.25) is 0 Å². The van der Waals surface area contributed by atoms with E-state index < -0.39 is 16.0 Å². The number of methoxy groups -OCH3 is 3. The summed E-state index contributed by atoms with van der Waals surface area (Å²) in [7, 11) is 0.202. The molecule has 130 valence electrons. The van der Waals surface area contributed by atoms with E-state index in [1.54, 1.807) is 13.0 Å². The normalized spacial score (nSPS) is 11.0. The number of anilines is 1. The summed E-state index contributed by atoms with van der Waals surface area (Å²) in [6.07, 6.45) is 0. The molecule has 0 fully saturated rings. The average Bonchev–Trinajstić information content (AvgIpc) is 3.00. The first kappa shape index (κ1) is 18.1. The molecule has 0 aliphatic rings. The van der Waals surface area contributed by atoms with E-state index in [0.717, 1.165) is 0 Å². The third-order valence-electron chi connectivity index (χ3n) is 3.28. The molecule has 0 aliphatic carbocycles. The first-order valence-corrected chi connectivity index (χ1v) is 9.16. The number of rotatable bonds is 6. The molecule has 1 aromatic heterocycles. The molecule has 0 saturated heterocycles. The lowest BCUT2D eigenvalue weighted by Crippen LogP contribution is -2.16. The molecule has 1 aromatic carbocycles. The minimum atomic E-state index is -3.92. The highest BCUT2D eigenvalue weighted by atomic mass is 32.2. The number of hydrogen-bond acceptors (Lipinski definition) is 7. The molecule has 7 nitrogen and oxygen atoms in total. The van der Waals surface area contributed by atoms with Crippen molar-refractivity contribution in [3.8, 4) is 11.5 Å². The number of nitrogens with one attached hydrogen (secondary N) is 1. The van der Waals surface area contributed by atoms with Crippen molar-refractivity contribution in [3.63, 3.8) is 0 Å². The molecule has 0 bridgehead atoms. The van der Waals surface area contributed by atoms with Gasteiger partial charge in [-0.3, -0.25) is 4.72 Å². The topological polar surface area (TPSA) is 90.9 Å². The standard InChI is InChI=1S/C15H17NO6S2/c1-9-5-12(20-2)13(21-3)6-14(9)24(18,19)16-11-8-23-7-10(11)15(17)22-4/h5-8,16H,1-4H3. The summed E-state index contributed by atoms with van der Waals surface area (Å²) < 4.78 is 42.8. The fraction of sp³-hybridized carbons (Fsp3) is 0.267. The maximum absolute atomic E-state index is 12.7. The van der Waals surface area contributed by atoms with Crippen molar-refractivity contribution in [2.24, 2.45) is 0 Å². The molecular formula is C15H17NO6S2. The van der Waals surface area contributed by atoms with Gasteiger partial charge in [0.25, 0.3) is 10.0 Å². The van der Waals surface area contributed by atoms with E-state index in [1.807, 2.05) is 0 Å². The van der Waals surface area contributed by atoms with Gasteiger partial charge in [0.15, 0.2) is 11.5 Å². The number of hydrogen-bond donors (Lipinski definition) is 1. The average molecular weight is 371 g/mol. The lowest BCUT2D eigenvalue weighted by atomic mass is 10.2. The molecule has 1 heterocycles. The molecule has 0 atom stereocenters. The lowest BCUT2D eigenvalue weighted by molar-refractivity contribution is 0.0602. The smallest absolute Gasteiger partial charge is 0.340 e. The van der Waals surface area contributed by atoms with Gasteiger partial charge in [-0.15, -0.1) is 11.3 Å². The van der Waals surface area contributed by atoms with Gasteiger partial charge in [-0.2, -0.15) is 0 Å². The van der Waals surface area contributed by atoms with Crippen molar-refractivity contribution in [1.29, 1.82) is 0 Å². The van der Waals surface area contributed by atoms with Gasteiger partial charge in [0, 0.05) is 16.8 Å². The molecule has 2 rings (SSSR count). The Morgan fingerprint density at radius 1 is 1.08 bits per heavy atom. The summed E-state index contributed by atoms with van der Waals surface area (Å²) in [5, 5.41) is 3.05. The summed E-state index contributed by atoms with van der Waals surface area (Å²) in [5.41, 5.74) is 0.806. The van der Waals surface area contributed by atoms with Gasteiger partial charge in [-0.05, 0) is 18.6 Å². The Hall–Kier alpha value is -2.26. The van der Waals surface area contributed by atoms with Crippen LogP contribution in [0, 0.1) is 6.92 Å². The SMILES string of the molecule is COC(=O)c1cscc1NS(=O)(=O)c1cc(OC)c(OC)cc1C. The largest absolute Gasteiger partial charge is 0.493 e. The summed E-state index contributed by atoms with van der Waals surface area (Å²) >= 11 is 1.19. The first-order valence-electron chi connectivity index (χ1n) is 6.74. The summed E-state index contributed by atoms with van der Waals surface area (Å²) in [5.74, 6) is 0.111. The molecule has 1 N–H and O–H groups in total. The zero-order chi connectivity index (χ0) is 17.9. The monoisotopic (exact) mass is 371 g/mol. The molecule has 0 radical (unpaired) electrons. The van der Waals surface area contributed by atoms with Crippen molar-refractivity contribution in [1.82, 2.24) is 0 Å². The molecule has 24 heavy (non-hydrogen) atoms. The van der Waals surface area contributed by atoms with Gasteiger partial charge >= 0.3 is 5.97 Å². The van der Waals surface area contributed by atoms with Crippen molar-refractivity contribution in [2.75, 3.05) is 26.1 Å². The number of ether oxygens (including phenoxy) is 3. The highest BCUT2D eigenvalue weighted by Crippen LogP contribution is 2.33. The number of esters is 1. The Kier molecular flexibility index (Phi) is 5.35. The number of carbonyl (C=O) groups excluding carboxylic acids is 1. The highest BCUT2D eigenvalue weighted by Gasteiger charge is 2.23. The Morgan fingerprint density at radius 3 is 2.29 bits per heavy atom. The molecule has 2 aromatic rings. The summed E-state index contributed by atoms with van der Waals surface area (Å²) in [6.45, 7) is 1.64. The summed E-state index contributed by atoms with van der Waals surface area (Å²) in [6, 6.07) is 2.95. The van der Waals surface area contributed by atoms with E-state index in [1.165, 1.54) is 49.5 Å². The minimum Gasteiger partial charge on any atom is -0.493 e. The number of sulfonamides is 1. The molecule has 0 amide bonds. The van der Waals surface area contributed by atoms with Crippen LogP contribution in [0.3, 0.4) is 0 Å². The third kappa shape index (κ3) is 3.46. The van der Waals surface area contributed by atoms with Crippen molar-refractivity contribution in [3.05, 3.63) is 34.0 Å². The fourth-order valence-corrected chi connectivity index (χ4v) is 4.23. The van der Waals surface area contributed by atoms with Crippen LogP contribution in [0.25, 0.3) is 0 Å². The Labute approximate surface area is 144 Å². The number of aryl methyl sites for hydroxylation is 1. The van der Waals surface area contributed by atoms with E-state index in [0.29, 0.717) is 17.1 Å². The zero-order valence-electron chi connectivity index (χ0n) is 13.6. The van der Waals surface area contributed by atoms with Gasteiger partial charge in [0.05, 0.1) is 37.5 Å². The Balaban J connectivity index is 2.45. The van der Waals surface area contributed by atoms with Crippen LogP contribution in [0.2, 0.25) is 0 Å². The predicted molar refractivity (Wildman–Crippen MR) is 90.8 cm³/mol. The molecule has 0 aliphatic heterocycles. The van der Waals surface area contributed by atoms with E-state index in [4.69, 9.17) is 9.47 Å². The van der Waals surface area contributed by atoms with Crippen molar-refractivity contribution < 1.29 is 27.4 Å². The van der Waals surface area contributed by atoms with Crippen LogP contribution in [0.4, 0.5) is 5.69 Å². The number of benzene rings is 1. The van der Waals surface area contributed by atoms with Crippen LogP contribution in [0.5, 0.6) is 11.5 Å². The van der Waals surface area contributed by atoms with Crippen molar-refractivity contribution in [2.45, 2.75) is 11.8 Å². The molecule has 0 spiro atoms. The third-order valence-corrected chi connectivity index (χ3v) is 5.53. The van der Waals surface area contributed by atoms with Gasteiger partial charge in [-0.25, -0.2) is 13.2 Å². The Bertz CT molecular complexity index is 857. The lowest BCUT2D eigenvalue weighted by Gasteiger charge is -2.14. The second-order valence-electron chi connectivity index (χ2n) is 4.77. The number of carbonyl (C=O) groups is 1. The van der Waals surface area contributed by atoms with Gasteiger partial charge in [0.1, 0.15) is 0 Å². The van der Waals surface area contributed by atoms with Gasteiger partial charge < -0.3 is 14.2 Å². The molecular weight excluding hydrogens is 354 g/mol. The summed E-state index contributed by atoms with van der Waals surface area (Å²) in [4.78, 5) is 11.7. The van der Waals surface area contributed by atoms with Crippen LogP contribution in [0.15, 0.2) is 27.8 Å². The Morgan fingerprint density at radius 2 is 1.71 bits per heavy atom. The predicted octanol–water partition coefficient (Wildman–Crippen LogP) is 2.66. The van der Waals surface area contributed by atoms with Gasteiger partial charge in [-0.1, -0.05) is 0 Å². The van der Waals surface area contributed by atoms with E-state index in [2.05, 4.69) is 9.46 Å². The maximum Gasteiger partial charge on any atom is 0.340 e. The van der Waals surface area contributed by atoms with Crippen LogP contribution in [-0.4, -0.2) is 35.7 Å². The van der Waals surface area contributed by atoms with Crippen LogP contribution < -0.4 is 14.2 Å². The van der Waals surface area contributed by atoms with E-state index in [9.17, 15) is 13.2 Å². The molecule has 0 unspecified atom stereocenters. The second-order valence-corrected chi connectivity index (χ2v) is 7.16. The molecule has 9 heteroatoms. The highest BCUT2D eigenvalue weighted by molar-refractivity contribution is 7.92. The second kappa shape index (κ2) is 7.10. The van der Waals surface area contributed by atoms with Crippen LogP contribution in [0.1, 0.15) is 15.9 Å². The van der Waals surface area contributed by atoms with E-state index in [-0.39, 0.29) is 16.1 Å². The zero-order valence-corrected chi connectivity index (χ0v) is 15.2. The minimum absolute atomic E-state index is 0.0298.